The van der Waals surface area contributed by atoms with E-state index in [2.05, 4.69) is 19.9 Å². The van der Waals surface area contributed by atoms with Gasteiger partial charge in [-0.05, 0) is 12.1 Å². The van der Waals surface area contributed by atoms with Crippen molar-refractivity contribution in [2.75, 3.05) is 13.0 Å². The number of halogens is 1. The summed E-state index contributed by atoms with van der Waals surface area (Å²) in [5.41, 5.74) is 2.31. The van der Waals surface area contributed by atoms with Crippen LogP contribution in [0.1, 0.15) is 11.5 Å². The summed E-state index contributed by atoms with van der Waals surface area (Å²) in [7, 11) is 1.57. The molecule has 3 aromatic rings. The third kappa shape index (κ3) is 2.67. The Kier molecular flexibility index (Phi) is 3.96. The van der Waals surface area contributed by atoms with Gasteiger partial charge in [-0.15, -0.1) is 11.6 Å². The van der Waals surface area contributed by atoms with E-state index in [0.29, 0.717) is 30.2 Å². The molecule has 3 heterocycles. The van der Waals surface area contributed by atoms with Crippen molar-refractivity contribution in [2.45, 2.75) is 13.0 Å². The van der Waals surface area contributed by atoms with Gasteiger partial charge in [0.25, 0.3) is 0 Å². The Hall–Kier alpha value is -2.21. The molecular formula is C14H14ClN5O. The molecule has 0 atom stereocenters. The molecule has 108 valence electrons. The number of aromatic nitrogens is 5. The van der Waals surface area contributed by atoms with Crippen molar-refractivity contribution in [3.8, 4) is 5.88 Å². The Morgan fingerprint density at radius 1 is 1.24 bits per heavy atom. The average molecular weight is 304 g/mol. The van der Waals surface area contributed by atoms with Gasteiger partial charge in [-0.25, -0.2) is 9.97 Å². The first-order chi connectivity index (χ1) is 10.3. The summed E-state index contributed by atoms with van der Waals surface area (Å²) in [4.78, 5) is 17.3. The number of hydrogen-bond donors (Lipinski definition) is 0. The van der Waals surface area contributed by atoms with Crippen molar-refractivity contribution in [2.24, 2.45) is 0 Å². The quantitative estimate of drug-likeness (QED) is 0.675. The van der Waals surface area contributed by atoms with Gasteiger partial charge in [0.1, 0.15) is 12.2 Å². The molecule has 0 radical (unpaired) electrons. The van der Waals surface area contributed by atoms with Crippen LogP contribution >= 0.6 is 11.6 Å². The van der Waals surface area contributed by atoms with Crippen LogP contribution in [0.3, 0.4) is 0 Å². The van der Waals surface area contributed by atoms with Crippen LogP contribution in [-0.2, 0) is 13.0 Å². The molecule has 3 aromatic heterocycles. The molecule has 0 bridgehead atoms. The van der Waals surface area contributed by atoms with Crippen LogP contribution in [0.15, 0.2) is 30.7 Å². The molecule has 3 rings (SSSR count). The van der Waals surface area contributed by atoms with Crippen LogP contribution in [0.4, 0.5) is 0 Å². The molecule has 6 nitrogen and oxygen atoms in total. The topological polar surface area (TPSA) is 65.7 Å². The van der Waals surface area contributed by atoms with Crippen LogP contribution in [-0.4, -0.2) is 37.5 Å². The third-order valence-electron chi connectivity index (χ3n) is 3.14. The maximum atomic E-state index is 5.88. The Morgan fingerprint density at radius 3 is 2.86 bits per heavy atom. The zero-order chi connectivity index (χ0) is 14.7. The molecule has 0 amide bonds. The molecular weight excluding hydrogens is 290 g/mol. The predicted molar refractivity (Wildman–Crippen MR) is 79.6 cm³/mol. The number of aryl methyl sites for hydroxylation is 1. The highest BCUT2D eigenvalue weighted by Crippen LogP contribution is 2.22. The van der Waals surface area contributed by atoms with Gasteiger partial charge in [0.15, 0.2) is 11.2 Å². The number of imidazole rings is 1. The van der Waals surface area contributed by atoms with E-state index in [1.54, 1.807) is 13.3 Å². The van der Waals surface area contributed by atoms with Gasteiger partial charge < -0.3 is 9.30 Å². The SMILES string of the molecule is COc1ncnc2c1nc(CCCl)n2Cc1ccccn1. The summed E-state index contributed by atoms with van der Waals surface area (Å²) >= 11 is 5.88. The lowest BCUT2D eigenvalue weighted by Gasteiger charge is -2.07. The van der Waals surface area contributed by atoms with E-state index >= 15 is 0 Å². The summed E-state index contributed by atoms with van der Waals surface area (Å²) < 4.78 is 7.25. The number of ether oxygens (including phenoxy) is 1. The zero-order valence-electron chi connectivity index (χ0n) is 11.5. The lowest BCUT2D eigenvalue weighted by Crippen LogP contribution is -2.07. The summed E-state index contributed by atoms with van der Waals surface area (Å²) in [5, 5.41) is 0. The first-order valence-corrected chi connectivity index (χ1v) is 7.07. The summed E-state index contributed by atoms with van der Waals surface area (Å²) in [6.07, 6.45) is 3.89. The molecule has 0 unspecified atom stereocenters. The number of pyridine rings is 1. The fourth-order valence-corrected chi connectivity index (χ4v) is 2.37. The highest BCUT2D eigenvalue weighted by Gasteiger charge is 2.16. The lowest BCUT2D eigenvalue weighted by molar-refractivity contribution is 0.401. The molecule has 7 heteroatoms. The van der Waals surface area contributed by atoms with Gasteiger partial charge in [0.05, 0.1) is 19.3 Å². The van der Waals surface area contributed by atoms with E-state index in [9.17, 15) is 0 Å². The van der Waals surface area contributed by atoms with Crippen LogP contribution < -0.4 is 4.74 Å². The minimum absolute atomic E-state index is 0.468. The van der Waals surface area contributed by atoms with E-state index in [1.807, 2.05) is 22.8 Å². The maximum absolute atomic E-state index is 5.88. The van der Waals surface area contributed by atoms with Crippen LogP contribution in [0.2, 0.25) is 0 Å². The number of methoxy groups -OCH3 is 1. The average Bonchev–Trinajstić information content (AvgIpc) is 2.87. The van der Waals surface area contributed by atoms with Gasteiger partial charge >= 0.3 is 0 Å². The molecule has 0 aliphatic heterocycles. The highest BCUT2D eigenvalue weighted by atomic mass is 35.5. The number of alkyl halides is 1. The second kappa shape index (κ2) is 6.05. The van der Waals surface area contributed by atoms with Crippen molar-refractivity contribution in [3.05, 3.63) is 42.2 Å². The van der Waals surface area contributed by atoms with Crippen molar-refractivity contribution in [1.82, 2.24) is 24.5 Å². The lowest BCUT2D eigenvalue weighted by atomic mass is 10.3. The molecule has 0 N–H and O–H groups in total. The smallest absolute Gasteiger partial charge is 0.245 e. The standard InChI is InChI=1S/C14H14ClN5O/c1-21-14-12-13(17-9-18-14)20(11(19-12)5-6-15)8-10-4-2-3-7-16-10/h2-4,7,9H,5-6,8H2,1H3. The van der Waals surface area contributed by atoms with E-state index in [-0.39, 0.29) is 0 Å². The van der Waals surface area contributed by atoms with E-state index in [0.717, 1.165) is 17.2 Å². The van der Waals surface area contributed by atoms with Crippen LogP contribution in [0.5, 0.6) is 5.88 Å². The van der Waals surface area contributed by atoms with E-state index < -0.39 is 0 Å². The minimum Gasteiger partial charge on any atom is -0.479 e. The van der Waals surface area contributed by atoms with Crippen molar-refractivity contribution < 1.29 is 4.74 Å². The molecule has 21 heavy (non-hydrogen) atoms. The first kappa shape index (κ1) is 13.8. The number of fused-ring (bicyclic) bond motifs is 1. The van der Waals surface area contributed by atoms with Crippen molar-refractivity contribution in [3.63, 3.8) is 0 Å². The predicted octanol–water partition coefficient (Wildman–Crippen LogP) is 2.06. The monoisotopic (exact) mass is 303 g/mol. The summed E-state index contributed by atoms with van der Waals surface area (Å²) in [6.45, 7) is 0.587. The maximum Gasteiger partial charge on any atom is 0.245 e. The molecule has 0 saturated heterocycles. The largest absolute Gasteiger partial charge is 0.479 e. The van der Waals surface area contributed by atoms with Crippen LogP contribution in [0.25, 0.3) is 11.2 Å². The Morgan fingerprint density at radius 2 is 2.14 bits per heavy atom. The van der Waals surface area contributed by atoms with Gasteiger partial charge in [-0.3, -0.25) is 4.98 Å². The first-order valence-electron chi connectivity index (χ1n) is 6.53. The summed E-state index contributed by atoms with van der Waals surface area (Å²) in [5.74, 6) is 1.81. The molecule has 0 saturated carbocycles. The molecule has 0 aliphatic rings. The van der Waals surface area contributed by atoms with Crippen LogP contribution in [0, 0.1) is 0 Å². The Labute approximate surface area is 126 Å². The second-order valence-electron chi connectivity index (χ2n) is 4.43. The molecule has 0 aromatic carbocycles. The normalized spacial score (nSPS) is 11.0. The zero-order valence-corrected chi connectivity index (χ0v) is 12.3. The molecule has 0 aliphatic carbocycles. The molecule has 0 fully saturated rings. The minimum atomic E-state index is 0.468. The fraction of sp³-hybridized carbons (Fsp3) is 0.286. The van der Waals surface area contributed by atoms with Gasteiger partial charge in [-0.1, -0.05) is 6.07 Å². The van der Waals surface area contributed by atoms with E-state index in [4.69, 9.17) is 16.3 Å². The number of nitrogens with zero attached hydrogens (tertiary/aromatic N) is 5. The molecule has 0 spiro atoms. The fourth-order valence-electron chi connectivity index (χ4n) is 2.21. The Bertz CT molecular complexity index is 744. The van der Waals surface area contributed by atoms with Gasteiger partial charge in [0, 0.05) is 18.5 Å². The third-order valence-corrected chi connectivity index (χ3v) is 3.32. The van der Waals surface area contributed by atoms with Gasteiger partial charge in [-0.2, -0.15) is 4.98 Å². The van der Waals surface area contributed by atoms with Crippen molar-refractivity contribution >= 4 is 22.8 Å². The van der Waals surface area contributed by atoms with Gasteiger partial charge in [0.2, 0.25) is 5.88 Å². The Balaban J connectivity index is 2.12. The summed E-state index contributed by atoms with van der Waals surface area (Å²) in [6, 6.07) is 5.81. The number of rotatable bonds is 5. The number of hydrogen-bond acceptors (Lipinski definition) is 5. The highest BCUT2D eigenvalue weighted by molar-refractivity contribution is 6.17. The second-order valence-corrected chi connectivity index (χ2v) is 4.81. The van der Waals surface area contributed by atoms with E-state index in [1.165, 1.54) is 6.33 Å². The van der Waals surface area contributed by atoms with Crippen molar-refractivity contribution in [1.29, 1.82) is 0 Å².